The number of nitrogens with one attached hydrogen (secondary N) is 1. The van der Waals surface area contributed by atoms with Crippen LogP contribution < -0.4 is 10.8 Å². The number of nitrogens with zero attached hydrogens (tertiary/aromatic N) is 3. The van der Waals surface area contributed by atoms with Gasteiger partial charge in [0.25, 0.3) is 0 Å². The summed E-state index contributed by atoms with van der Waals surface area (Å²) in [6.45, 7) is 3.80. The maximum atomic E-state index is 6.39. The molecule has 146 valence electrons. The van der Waals surface area contributed by atoms with Gasteiger partial charge >= 0.3 is 0 Å². The van der Waals surface area contributed by atoms with Crippen molar-refractivity contribution in [1.82, 2.24) is 9.97 Å². The monoisotopic (exact) mass is 444 g/mol. The Hall–Kier alpha value is -2.60. The largest absolute Gasteiger partial charge is 0.454 e. The molecule has 4 aromatic rings. The van der Waals surface area contributed by atoms with Crippen molar-refractivity contribution in [2.75, 3.05) is 5.43 Å². The number of hydrogen-bond acceptors (Lipinski definition) is 5. The van der Waals surface area contributed by atoms with E-state index in [0.717, 1.165) is 17.0 Å². The molecule has 4 rings (SSSR count). The molecule has 0 fully saturated rings. The Morgan fingerprint density at radius 3 is 2.24 bits per heavy atom. The smallest absolute Gasteiger partial charge is 0.243 e. The molecule has 0 aliphatic carbocycles. The van der Waals surface area contributed by atoms with Gasteiger partial charge in [0, 0.05) is 38.4 Å². The number of halogens is 3. The molecule has 0 radical (unpaired) electrons. The van der Waals surface area contributed by atoms with Crippen molar-refractivity contribution in [2.24, 2.45) is 5.10 Å². The highest BCUT2D eigenvalue weighted by Crippen LogP contribution is 2.30. The summed E-state index contributed by atoms with van der Waals surface area (Å²) in [5.74, 6) is 0.984. The van der Waals surface area contributed by atoms with Gasteiger partial charge in [0.1, 0.15) is 5.76 Å². The molecule has 0 aliphatic heterocycles. The van der Waals surface area contributed by atoms with Crippen LogP contribution in [0.3, 0.4) is 0 Å². The fraction of sp³-hybridized carbons (Fsp3) is 0.0952. The molecule has 0 saturated heterocycles. The highest BCUT2D eigenvalue weighted by molar-refractivity contribution is 6.38. The predicted octanol–water partition coefficient (Wildman–Crippen LogP) is 6.39. The molecule has 0 bridgehead atoms. The summed E-state index contributed by atoms with van der Waals surface area (Å²) in [6, 6.07) is 14.4. The molecular formula is C21H15Cl3N4O. The second-order valence-corrected chi connectivity index (χ2v) is 7.75. The first kappa shape index (κ1) is 19.7. The Morgan fingerprint density at radius 1 is 0.862 bits per heavy atom. The summed E-state index contributed by atoms with van der Waals surface area (Å²) < 4.78 is 6.05. The molecular weight excluding hydrogens is 431 g/mol. The van der Waals surface area contributed by atoms with Gasteiger partial charge in [0.15, 0.2) is 5.58 Å². The van der Waals surface area contributed by atoms with Crippen molar-refractivity contribution >= 4 is 51.7 Å². The molecule has 29 heavy (non-hydrogen) atoms. The number of benzene rings is 2. The number of fused-ring (bicyclic) bond motifs is 1. The molecule has 2 aromatic heterocycles. The lowest BCUT2D eigenvalue weighted by Crippen LogP contribution is -2.09. The van der Waals surface area contributed by atoms with Crippen LogP contribution in [0.2, 0.25) is 15.1 Å². The van der Waals surface area contributed by atoms with E-state index in [9.17, 15) is 0 Å². The highest BCUT2D eigenvalue weighted by Gasteiger charge is 2.11. The molecule has 0 aliphatic rings. The Morgan fingerprint density at radius 2 is 1.55 bits per heavy atom. The second kappa shape index (κ2) is 8.03. The molecule has 5 nitrogen and oxygen atoms in total. The third-order valence-electron chi connectivity index (χ3n) is 4.15. The van der Waals surface area contributed by atoms with E-state index in [0.29, 0.717) is 43.1 Å². The summed E-state index contributed by atoms with van der Waals surface area (Å²) in [5.41, 5.74) is 5.91. The molecule has 1 N–H and O–H groups in total. The van der Waals surface area contributed by atoms with Gasteiger partial charge in [-0.25, -0.2) is 15.4 Å². The predicted molar refractivity (Wildman–Crippen MR) is 117 cm³/mol. The number of aryl methyl sites for hydroxylation is 2. The van der Waals surface area contributed by atoms with Crippen LogP contribution in [-0.4, -0.2) is 9.97 Å². The van der Waals surface area contributed by atoms with Crippen LogP contribution in [0.1, 0.15) is 11.4 Å². The molecule has 8 heteroatoms. The highest BCUT2D eigenvalue weighted by atomic mass is 35.5. The average molecular weight is 446 g/mol. The van der Waals surface area contributed by atoms with Crippen molar-refractivity contribution in [3.05, 3.63) is 80.3 Å². The van der Waals surface area contributed by atoms with Gasteiger partial charge in [-0.2, -0.15) is 5.10 Å². The topological polar surface area (TPSA) is 63.3 Å². The van der Waals surface area contributed by atoms with E-state index >= 15 is 0 Å². The minimum absolute atomic E-state index is 0.391. The van der Waals surface area contributed by atoms with Gasteiger partial charge in [-0.05, 0) is 56.3 Å². The van der Waals surface area contributed by atoms with Crippen molar-refractivity contribution in [3.8, 4) is 11.3 Å². The van der Waals surface area contributed by atoms with Gasteiger partial charge < -0.3 is 4.42 Å². The first-order chi connectivity index (χ1) is 13.9. The van der Waals surface area contributed by atoms with Crippen LogP contribution in [0.15, 0.2) is 58.0 Å². The molecule has 0 unspecified atom stereocenters. The van der Waals surface area contributed by atoms with E-state index < -0.39 is 0 Å². The van der Waals surface area contributed by atoms with E-state index in [1.165, 1.54) is 0 Å². The first-order valence-electron chi connectivity index (χ1n) is 8.70. The molecule has 0 atom stereocenters. The third kappa shape index (κ3) is 4.37. The van der Waals surface area contributed by atoms with Crippen LogP contribution in [0.5, 0.6) is 0 Å². The summed E-state index contributed by atoms with van der Waals surface area (Å²) in [7, 11) is 0. The molecule has 2 aromatic carbocycles. The fourth-order valence-electron chi connectivity index (χ4n) is 2.93. The summed E-state index contributed by atoms with van der Waals surface area (Å²) >= 11 is 18.6. The second-order valence-electron chi connectivity index (χ2n) is 6.47. The summed E-state index contributed by atoms with van der Waals surface area (Å²) in [4.78, 5) is 8.70. The number of hydrogen-bond donors (Lipinski definition) is 1. The normalized spacial score (nSPS) is 11.8. The number of rotatable bonds is 3. The third-order valence-corrected chi connectivity index (χ3v) is 4.90. The lowest BCUT2D eigenvalue weighted by atomic mass is 10.1. The maximum absolute atomic E-state index is 6.39. The van der Waals surface area contributed by atoms with Gasteiger partial charge in [-0.3, -0.25) is 0 Å². The van der Waals surface area contributed by atoms with Crippen LogP contribution in [0.25, 0.3) is 22.3 Å². The van der Waals surface area contributed by atoms with Crippen LogP contribution >= 0.6 is 34.8 Å². The standard InChI is InChI=1S/C21H15Cl3N4O/c1-11-7-12(2)26-21(25-11)28-27-18-10-19(13-3-5-14(22)6-4-13)29-20-16(18)8-15(23)9-17(20)24/h3-10H,1-2H3,(H,25,26,28)/b27-18+. The first-order valence-corrected chi connectivity index (χ1v) is 9.83. The molecule has 0 saturated carbocycles. The zero-order chi connectivity index (χ0) is 20.5. The Kier molecular flexibility index (Phi) is 5.46. The van der Waals surface area contributed by atoms with Crippen molar-refractivity contribution in [1.29, 1.82) is 0 Å². The van der Waals surface area contributed by atoms with E-state index in [1.807, 2.05) is 32.0 Å². The maximum Gasteiger partial charge on any atom is 0.243 e. The Labute approximate surface area is 182 Å². The molecule has 0 amide bonds. The zero-order valence-corrected chi connectivity index (χ0v) is 17.8. The van der Waals surface area contributed by atoms with Crippen molar-refractivity contribution < 1.29 is 4.42 Å². The quantitative estimate of drug-likeness (QED) is 0.371. The van der Waals surface area contributed by atoms with E-state index in [4.69, 9.17) is 39.2 Å². The lowest BCUT2D eigenvalue weighted by molar-refractivity contribution is 0.618. The average Bonchev–Trinajstić information content (AvgIpc) is 2.66. The van der Waals surface area contributed by atoms with Gasteiger partial charge in [-0.15, -0.1) is 0 Å². The van der Waals surface area contributed by atoms with Crippen LogP contribution in [0, 0.1) is 13.8 Å². The molecule has 0 spiro atoms. The van der Waals surface area contributed by atoms with Crippen LogP contribution in [-0.2, 0) is 0 Å². The van der Waals surface area contributed by atoms with Gasteiger partial charge in [0.2, 0.25) is 5.95 Å². The fourth-order valence-corrected chi connectivity index (χ4v) is 3.59. The summed E-state index contributed by atoms with van der Waals surface area (Å²) in [6.07, 6.45) is 0. The molecule has 2 heterocycles. The number of anilines is 1. The van der Waals surface area contributed by atoms with Crippen LogP contribution in [0.4, 0.5) is 5.95 Å². The Bertz CT molecular complexity index is 1260. The van der Waals surface area contributed by atoms with Gasteiger partial charge in [0.05, 0.1) is 10.4 Å². The van der Waals surface area contributed by atoms with E-state index in [-0.39, 0.29) is 0 Å². The van der Waals surface area contributed by atoms with E-state index in [2.05, 4.69) is 20.5 Å². The van der Waals surface area contributed by atoms with Crippen molar-refractivity contribution in [3.63, 3.8) is 0 Å². The number of aromatic nitrogens is 2. The minimum Gasteiger partial charge on any atom is -0.454 e. The summed E-state index contributed by atoms with van der Waals surface area (Å²) in [5, 5.41) is 7.26. The van der Waals surface area contributed by atoms with Crippen molar-refractivity contribution in [2.45, 2.75) is 13.8 Å². The van der Waals surface area contributed by atoms with Gasteiger partial charge in [-0.1, -0.05) is 34.8 Å². The SMILES string of the molecule is Cc1cc(C)nc(N/N=c2\cc(-c3ccc(Cl)cc3)oc3c(Cl)cc(Cl)cc23)n1. The lowest BCUT2D eigenvalue weighted by Gasteiger charge is -2.08. The zero-order valence-electron chi connectivity index (χ0n) is 15.5. The Balaban J connectivity index is 1.91. The minimum atomic E-state index is 0.391. The van der Waals surface area contributed by atoms with E-state index in [1.54, 1.807) is 30.3 Å².